The van der Waals surface area contributed by atoms with Gasteiger partial charge < -0.3 is 15.1 Å². The summed E-state index contributed by atoms with van der Waals surface area (Å²) in [6.07, 6.45) is 0. The fraction of sp³-hybridized carbons (Fsp3) is 0. The summed E-state index contributed by atoms with van der Waals surface area (Å²) in [4.78, 5) is 0. The third kappa shape index (κ3) is 59.8. The molecule has 32 valence electrons. The van der Waals surface area contributed by atoms with Crippen molar-refractivity contribution in [1.29, 1.82) is 0 Å². The van der Waals surface area contributed by atoms with Gasteiger partial charge in [-0.05, 0) is 0 Å². The first-order valence-electron chi connectivity index (χ1n) is 0.707. The molecule has 0 radical (unpaired) electrons. The minimum atomic E-state index is -2.92. The van der Waals surface area contributed by atoms with Gasteiger partial charge in [-0.25, -0.2) is 0 Å². The molecule has 0 atom stereocenters. The van der Waals surface area contributed by atoms with Gasteiger partial charge in [-0.3, -0.25) is 7.32 Å². The summed E-state index contributed by atoms with van der Waals surface area (Å²) < 4.78 is 0. The SMILES string of the molecule is Cl.[Na+].[Na+].[Na+].[O-]B([O-])[O-]. The van der Waals surface area contributed by atoms with Crippen LogP contribution in [0, 0.1) is 0 Å². The van der Waals surface area contributed by atoms with E-state index in [0.29, 0.717) is 0 Å². The van der Waals surface area contributed by atoms with Gasteiger partial charge in [0.15, 0.2) is 0 Å². The average molecular weight is 164 g/mol. The van der Waals surface area contributed by atoms with Gasteiger partial charge in [0.05, 0.1) is 0 Å². The molecule has 8 heteroatoms. The van der Waals surface area contributed by atoms with E-state index in [-0.39, 0.29) is 101 Å². The van der Waals surface area contributed by atoms with Crippen molar-refractivity contribution in [2.45, 2.75) is 0 Å². The van der Waals surface area contributed by atoms with Crippen LogP contribution >= 0.6 is 12.4 Å². The van der Waals surface area contributed by atoms with E-state index in [1.54, 1.807) is 0 Å². The fourth-order valence-electron chi connectivity index (χ4n) is 0. The summed E-state index contributed by atoms with van der Waals surface area (Å²) in [5.74, 6) is 0. The molecular formula is HBClNa3O3. The number of halogens is 1. The third-order valence-corrected chi connectivity index (χ3v) is 0. The molecule has 0 fully saturated rings. The van der Waals surface area contributed by atoms with Gasteiger partial charge in [0, 0.05) is 0 Å². The van der Waals surface area contributed by atoms with Gasteiger partial charge in [0.25, 0.3) is 0 Å². The molecule has 0 aromatic heterocycles. The Hall–Kier alpha value is 3.23. The summed E-state index contributed by atoms with van der Waals surface area (Å²) in [5.41, 5.74) is 0. The zero-order valence-electron chi connectivity index (χ0n) is 5.21. The molecule has 3 nitrogen and oxygen atoms in total. The van der Waals surface area contributed by atoms with E-state index in [1.165, 1.54) is 0 Å². The van der Waals surface area contributed by atoms with Gasteiger partial charge in [-0.1, -0.05) is 0 Å². The average Bonchev–Trinajstić information content (AvgIpc) is 0.811. The minimum Gasteiger partial charge on any atom is -0.907 e. The summed E-state index contributed by atoms with van der Waals surface area (Å²) in [7, 11) is -2.92. The summed E-state index contributed by atoms with van der Waals surface area (Å²) in [6, 6.07) is 0. The molecule has 0 heterocycles. The van der Waals surface area contributed by atoms with Crippen LogP contribution in [0.25, 0.3) is 0 Å². The third-order valence-electron chi connectivity index (χ3n) is 0. The van der Waals surface area contributed by atoms with Crippen molar-refractivity contribution in [3.63, 3.8) is 0 Å². The quantitative estimate of drug-likeness (QED) is 0.334. The molecule has 0 saturated carbocycles. The Kier molecular flexibility index (Phi) is 85.0. The number of hydrogen-bond donors (Lipinski definition) is 0. The maximum absolute atomic E-state index is 8.42. The standard InChI is InChI=1S/BO3.ClH.3Na/c2-1(3)4;;;;/h;1H;;;/q-3;;3*+1. The van der Waals surface area contributed by atoms with Crippen LogP contribution in [0.5, 0.6) is 0 Å². The van der Waals surface area contributed by atoms with Crippen molar-refractivity contribution in [3.05, 3.63) is 0 Å². The normalized spacial score (nSPS) is 3.38. The van der Waals surface area contributed by atoms with Gasteiger partial charge in [-0.2, -0.15) is 0 Å². The van der Waals surface area contributed by atoms with Gasteiger partial charge >= 0.3 is 88.7 Å². The molecular weight excluding hydrogens is 163 g/mol. The van der Waals surface area contributed by atoms with Crippen molar-refractivity contribution in [3.8, 4) is 0 Å². The molecule has 0 aromatic carbocycles. The van der Waals surface area contributed by atoms with Crippen molar-refractivity contribution in [1.82, 2.24) is 0 Å². The van der Waals surface area contributed by atoms with E-state index in [0.717, 1.165) is 0 Å². The van der Waals surface area contributed by atoms with Crippen LogP contribution in [-0.4, -0.2) is 7.32 Å². The van der Waals surface area contributed by atoms with E-state index in [4.69, 9.17) is 15.1 Å². The largest absolute Gasteiger partial charge is 1.00 e. The Balaban J connectivity index is -0.00000000750. The van der Waals surface area contributed by atoms with E-state index in [9.17, 15) is 0 Å². The van der Waals surface area contributed by atoms with Crippen LogP contribution in [0.4, 0.5) is 0 Å². The molecule has 8 heavy (non-hydrogen) atoms. The van der Waals surface area contributed by atoms with Crippen LogP contribution in [0.3, 0.4) is 0 Å². The molecule has 0 aliphatic carbocycles. The van der Waals surface area contributed by atoms with E-state index >= 15 is 0 Å². The van der Waals surface area contributed by atoms with Crippen molar-refractivity contribution < 1.29 is 104 Å². The first-order chi connectivity index (χ1) is 1.73. The van der Waals surface area contributed by atoms with E-state index in [2.05, 4.69) is 0 Å². The maximum atomic E-state index is 8.42. The molecule has 0 aromatic rings. The van der Waals surface area contributed by atoms with Crippen LogP contribution < -0.4 is 104 Å². The smallest absolute Gasteiger partial charge is 0.907 e. The summed E-state index contributed by atoms with van der Waals surface area (Å²) in [6.45, 7) is 0. The van der Waals surface area contributed by atoms with Crippen LogP contribution in [0.1, 0.15) is 0 Å². The molecule has 0 bridgehead atoms. The van der Waals surface area contributed by atoms with Gasteiger partial charge in [0.1, 0.15) is 0 Å². The molecule has 0 aliphatic rings. The Bertz CT molecular complexity index is 19.2. The predicted octanol–water partition coefficient (Wildman–Crippen LogP) is -12.5. The summed E-state index contributed by atoms with van der Waals surface area (Å²) in [5, 5.41) is 25.2. The molecule has 0 amide bonds. The van der Waals surface area contributed by atoms with Gasteiger partial charge in [0.2, 0.25) is 0 Å². The van der Waals surface area contributed by atoms with Crippen molar-refractivity contribution in [2.75, 3.05) is 0 Å². The molecule has 0 aliphatic heterocycles. The second-order valence-electron chi connectivity index (χ2n) is 0.289. The first kappa shape index (κ1) is 30.3. The summed E-state index contributed by atoms with van der Waals surface area (Å²) >= 11 is 0. The Morgan fingerprint density at radius 3 is 0.750 bits per heavy atom. The molecule has 0 unspecified atom stereocenters. The zero-order chi connectivity index (χ0) is 3.58. The Morgan fingerprint density at radius 2 is 0.750 bits per heavy atom. The second-order valence-corrected chi connectivity index (χ2v) is 0.289. The minimum absolute atomic E-state index is 0. The monoisotopic (exact) mass is 164 g/mol. The van der Waals surface area contributed by atoms with Gasteiger partial charge in [-0.15, -0.1) is 12.4 Å². The van der Waals surface area contributed by atoms with E-state index in [1.807, 2.05) is 0 Å². The topological polar surface area (TPSA) is 69.2 Å². The van der Waals surface area contributed by atoms with E-state index < -0.39 is 7.32 Å². The zero-order valence-corrected chi connectivity index (χ0v) is 12.0. The second kappa shape index (κ2) is 22.5. The fourth-order valence-corrected chi connectivity index (χ4v) is 0. The van der Waals surface area contributed by atoms with Crippen LogP contribution in [0.15, 0.2) is 0 Å². The first-order valence-corrected chi connectivity index (χ1v) is 0.707. The molecule has 0 saturated heterocycles. The Morgan fingerprint density at radius 1 is 0.750 bits per heavy atom. The van der Waals surface area contributed by atoms with Crippen molar-refractivity contribution in [2.24, 2.45) is 0 Å². The van der Waals surface area contributed by atoms with Crippen molar-refractivity contribution >= 4 is 19.7 Å². The maximum Gasteiger partial charge on any atom is 1.00 e. The molecule has 0 N–H and O–H groups in total. The molecule has 0 spiro atoms. The van der Waals surface area contributed by atoms with Crippen LogP contribution in [0.2, 0.25) is 0 Å². The van der Waals surface area contributed by atoms with Crippen LogP contribution in [-0.2, 0) is 0 Å². The molecule has 0 rings (SSSR count). The Labute approximate surface area is 121 Å². The number of rotatable bonds is 0. The number of hydrogen-bond acceptors (Lipinski definition) is 3. The predicted molar refractivity (Wildman–Crippen MR) is 13.0 cm³/mol.